The molecule has 0 aromatic heterocycles. The Morgan fingerprint density at radius 1 is 1.47 bits per heavy atom. The third-order valence-electron chi connectivity index (χ3n) is 3.56. The van der Waals surface area contributed by atoms with Crippen LogP contribution in [0.1, 0.15) is 47.5 Å². The predicted molar refractivity (Wildman–Crippen MR) is 72.7 cm³/mol. The van der Waals surface area contributed by atoms with E-state index in [1.54, 1.807) is 6.92 Å². The van der Waals surface area contributed by atoms with Crippen molar-refractivity contribution in [3.63, 3.8) is 0 Å². The maximum atomic E-state index is 11.7. The summed E-state index contributed by atoms with van der Waals surface area (Å²) < 4.78 is 5.68. The van der Waals surface area contributed by atoms with Crippen LogP contribution in [0, 0.1) is 11.8 Å². The van der Waals surface area contributed by atoms with Crippen molar-refractivity contribution in [2.45, 2.75) is 53.1 Å². The highest BCUT2D eigenvalue weighted by molar-refractivity contribution is 5.87. The number of hydrogen-bond donors (Lipinski definition) is 0. The van der Waals surface area contributed by atoms with Crippen LogP contribution in [0.15, 0.2) is 24.8 Å². The van der Waals surface area contributed by atoms with E-state index in [2.05, 4.69) is 33.9 Å². The van der Waals surface area contributed by atoms with Crippen LogP contribution in [-0.4, -0.2) is 11.6 Å². The first-order chi connectivity index (χ1) is 7.79. The van der Waals surface area contributed by atoms with Crippen molar-refractivity contribution in [2.75, 3.05) is 0 Å². The van der Waals surface area contributed by atoms with Crippen LogP contribution in [0.25, 0.3) is 0 Å². The second-order valence-electron chi connectivity index (χ2n) is 5.14. The zero-order chi connectivity index (χ0) is 13.6. The van der Waals surface area contributed by atoms with E-state index >= 15 is 0 Å². The van der Waals surface area contributed by atoms with E-state index in [0.717, 1.165) is 12.8 Å². The Bertz CT molecular complexity index is 291. The van der Waals surface area contributed by atoms with Crippen LogP contribution in [0.3, 0.4) is 0 Å². The number of carbonyl (C=O) groups is 1. The molecular weight excluding hydrogens is 212 g/mol. The molecule has 0 aromatic rings. The molecule has 2 unspecified atom stereocenters. The summed E-state index contributed by atoms with van der Waals surface area (Å²) in [5.41, 5.74) is -0.00997. The van der Waals surface area contributed by atoms with Gasteiger partial charge in [-0.05, 0) is 32.6 Å². The average molecular weight is 238 g/mol. The highest BCUT2D eigenvalue weighted by Gasteiger charge is 2.39. The van der Waals surface area contributed by atoms with Gasteiger partial charge in [0.05, 0.1) is 0 Å². The van der Waals surface area contributed by atoms with E-state index in [0.29, 0.717) is 11.5 Å². The molecule has 0 saturated carbocycles. The van der Waals surface area contributed by atoms with Gasteiger partial charge in [-0.1, -0.05) is 33.4 Å². The summed E-state index contributed by atoms with van der Waals surface area (Å²) in [4.78, 5) is 11.7. The zero-order valence-electron chi connectivity index (χ0n) is 11.9. The number of allylic oxidation sites excluding steroid dienone is 1. The van der Waals surface area contributed by atoms with Gasteiger partial charge in [0.15, 0.2) is 0 Å². The van der Waals surface area contributed by atoms with Crippen LogP contribution in [0.4, 0.5) is 0 Å². The van der Waals surface area contributed by atoms with E-state index in [-0.39, 0.29) is 11.9 Å². The molecule has 0 rings (SSSR count). The molecule has 0 aliphatic rings. The highest BCUT2D eigenvalue weighted by atomic mass is 16.6. The Balaban J connectivity index is 5.06. The molecule has 0 aliphatic heterocycles. The van der Waals surface area contributed by atoms with Crippen molar-refractivity contribution < 1.29 is 9.53 Å². The van der Waals surface area contributed by atoms with Gasteiger partial charge >= 0.3 is 5.97 Å². The van der Waals surface area contributed by atoms with Crippen molar-refractivity contribution in [2.24, 2.45) is 11.8 Å². The predicted octanol–water partition coefficient (Wildman–Crippen LogP) is 4.12. The van der Waals surface area contributed by atoms with Gasteiger partial charge in [-0.25, -0.2) is 4.79 Å². The molecule has 0 N–H and O–H groups in total. The molecule has 0 saturated heterocycles. The molecule has 0 heterocycles. The Labute approximate surface area is 106 Å². The molecule has 0 bridgehead atoms. The minimum atomic E-state index is -0.459. The first kappa shape index (κ1) is 16.0. The molecular formula is C15H26O2. The number of rotatable bonds is 7. The summed E-state index contributed by atoms with van der Waals surface area (Å²) >= 11 is 0. The molecule has 0 fully saturated rings. The lowest BCUT2D eigenvalue weighted by atomic mass is 9.76. The molecule has 2 atom stereocenters. The molecule has 0 radical (unpaired) electrons. The van der Waals surface area contributed by atoms with Gasteiger partial charge in [0.1, 0.15) is 5.60 Å². The second kappa shape index (κ2) is 6.63. The molecule has 17 heavy (non-hydrogen) atoms. The van der Waals surface area contributed by atoms with Gasteiger partial charge in [0.2, 0.25) is 0 Å². The SMILES string of the molecule is C=CCC(CC)C(C)(OC(=O)C(=C)C)C(C)C. The smallest absolute Gasteiger partial charge is 0.333 e. The lowest BCUT2D eigenvalue weighted by molar-refractivity contribution is -0.165. The zero-order valence-corrected chi connectivity index (χ0v) is 11.9. The summed E-state index contributed by atoms with van der Waals surface area (Å²) in [6.45, 7) is 17.4. The summed E-state index contributed by atoms with van der Waals surface area (Å²) in [5, 5.41) is 0. The van der Waals surface area contributed by atoms with Gasteiger partial charge in [-0.15, -0.1) is 6.58 Å². The molecule has 2 heteroatoms. The quantitative estimate of drug-likeness (QED) is 0.379. The van der Waals surface area contributed by atoms with Crippen LogP contribution >= 0.6 is 0 Å². The highest BCUT2D eigenvalue weighted by Crippen LogP contribution is 2.35. The molecule has 0 spiro atoms. The van der Waals surface area contributed by atoms with E-state index in [9.17, 15) is 4.79 Å². The fraction of sp³-hybridized carbons (Fsp3) is 0.667. The lowest BCUT2D eigenvalue weighted by Gasteiger charge is -2.40. The Morgan fingerprint density at radius 3 is 2.29 bits per heavy atom. The molecule has 0 aliphatic carbocycles. The maximum absolute atomic E-state index is 11.7. The van der Waals surface area contributed by atoms with Crippen LogP contribution in [0.2, 0.25) is 0 Å². The number of ether oxygens (including phenoxy) is 1. The number of hydrogen-bond acceptors (Lipinski definition) is 2. The number of esters is 1. The maximum Gasteiger partial charge on any atom is 0.333 e. The van der Waals surface area contributed by atoms with Crippen LogP contribution < -0.4 is 0 Å². The van der Waals surface area contributed by atoms with E-state index < -0.39 is 5.60 Å². The van der Waals surface area contributed by atoms with Crippen molar-refractivity contribution >= 4 is 5.97 Å². The Kier molecular flexibility index (Phi) is 6.22. The summed E-state index contributed by atoms with van der Waals surface area (Å²) in [6, 6.07) is 0. The van der Waals surface area contributed by atoms with Gasteiger partial charge in [-0.2, -0.15) is 0 Å². The lowest BCUT2D eigenvalue weighted by Crippen LogP contribution is -2.44. The minimum Gasteiger partial charge on any atom is -0.455 e. The third kappa shape index (κ3) is 4.03. The van der Waals surface area contributed by atoms with E-state index in [4.69, 9.17) is 4.74 Å². The summed E-state index contributed by atoms with van der Waals surface area (Å²) in [6.07, 6.45) is 3.71. The standard InChI is InChI=1S/C15H26O2/c1-8-10-13(9-2)15(7,12(5)6)17-14(16)11(3)4/h8,12-13H,1,3,9-10H2,2,4-7H3. The van der Waals surface area contributed by atoms with Crippen LogP contribution in [-0.2, 0) is 9.53 Å². The first-order valence-corrected chi connectivity index (χ1v) is 6.29. The topological polar surface area (TPSA) is 26.3 Å². The minimum absolute atomic E-state index is 0.260. The fourth-order valence-corrected chi connectivity index (χ4v) is 1.97. The summed E-state index contributed by atoms with van der Waals surface area (Å²) in [7, 11) is 0. The second-order valence-corrected chi connectivity index (χ2v) is 5.14. The van der Waals surface area contributed by atoms with Crippen molar-refractivity contribution in [1.82, 2.24) is 0 Å². The van der Waals surface area contributed by atoms with Crippen molar-refractivity contribution in [3.8, 4) is 0 Å². The number of carbonyl (C=O) groups excluding carboxylic acids is 1. The van der Waals surface area contributed by atoms with E-state index in [1.807, 2.05) is 13.0 Å². The molecule has 2 nitrogen and oxygen atoms in total. The third-order valence-corrected chi connectivity index (χ3v) is 3.56. The van der Waals surface area contributed by atoms with Crippen LogP contribution in [0.5, 0.6) is 0 Å². The molecule has 0 aromatic carbocycles. The monoisotopic (exact) mass is 238 g/mol. The van der Waals surface area contributed by atoms with Crippen molar-refractivity contribution in [3.05, 3.63) is 24.8 Å². The Morgan fingerprint density at radius 2 is 2.00 bits per heavy atom. The molecule has 98 valence electrons. The largest absolute Gasteiger partial charge is 0.455 e. The van der Waals surface area contributed by atoms with Gasteiger partial charge in [0.25, 0.3) is 0 Å². The van der Waals surface area contributed by atoms with Gasteiger partial charge in [0, 0.05) is 11.5 Å². The first-order valence-electron chi connectivity index (χ1n) is 6.29. The summed E-state index contributed by atoms with van der Waals surface area (Å²) in [5.74, 6) is 0.253. The van der Waals surface area contributed by atoms with Crippen molar-refractivity contribution in [1.29, 1.82) is 0 Å². The van der Waals surface area contributed by atoms with E-state index in [1.165, 1.54) is 0 Å². The van der Waals surface area contributed by atoms with Gasteiger partial charge in [-0.3, -0.25) is 0 Å². The Hall–Kier alpha value is -1.05. The average Bonchev–Trinajstić information content (AvgIpc) is 2.24. The molecule has 0 amide bonds. The van der Waals surface area contributed by atoms with Gasteiger partial charge < -0.3 is 4.74 Å². The normalized spacial score (nSPS) is 16.1. The fourth-order valence-electron chi connectivity index (χ4n) is 1.97.